The highest BCUT2D eigenvalue weighted by Crippen LogP contribution is 2.43. The molecule has 0 aliphatic carbocycles. The molecule has 0 spiro atoms. The Morgan fingerprint density at radius 1 is 0.897 bits per heavy atom. The van der Waals surface area contributed by atoms with Gasteiger partial charge in [0.2, 0.25) is 10.0 Å². The fourth-order valence-electron chi connectivity index (χ4n) is 3.76. The minimum absolute atomic E-state index is 0.0272. The molecule has 8 heteroatoms. The Labute approximate surface area is 172 Å². The summed E-state index contributed by atoms with van der Waals surface area (Å²) in [4.78, 5) is 0. The molecule has 0 bridgehead atoms. The third-order valence-corrected chi connectivity index (χ3v) is 7.11. The largest absolute Gasteiger partial charge is 0.493 e. The molecule has 0 aromatic heterocycles. The van der Waals surface area contributed by atoms with Crippen molar-refractivity contribution in [1.82, 2.24) is 4.31 Å². The van der Waals surface area contributed by atoms with Gasteiger partial charge in [0.15, 0.2) is 23.0 Å². The number of sulfonamides is 1. The molecule has 29 heavy (non-hydrogen) atoms. The van der Waals surface area contributed by atoms with E-state index in [1.807, 2.05) is 24.3 Å². The van der Waals surface area contributed by atoms with Gasteiger partial charge in [-0.25, -0.2) is 8.42 Å². The number of ether oxygens (including phenoxy) is 4. The third kappa shape index (κ3) is 3.86. The third-order valence-electron chi connectivity index (χ3n) is 5.27. The van der Waals surface area contributed by atoms with E-state index >= 15 is 0 Å². The molecule has 0 amide bonds. The predicted molar refractivity (Wildman–Crippen MR) is 111 cm³/mol. The van der Waals surface area contributed by atoms with Crippen LogP contribution >= 0.6 is 0 Å². The van der Waals surface area contributed by atoms with Crippen molar-refractivity contribution in [3.8, 4) is 23.0 Å². The fraction of sp³-hybridized carbons (Fsp3) is 0.429. The maximum atomic E-state index is 12.9. The molecule has 0 radical (unpaired) electrons. The highest BCUT2D eigenvalue weighted by molar-refractivity contribution is 7.89. The van der Waals surface area contributed by atoms with E-state index in [2.05, 4.69) is 0 Å². The number of methoxy groups -OCH3 is 4. The first-order chi connectivity index (χ1) is 13.9. The number of fused-ring (bicyclic) bond motifs is 1. The average molecular weight is 422 g/mol. The van der Waals surface area contributed by atoms with Crippen LogP contribution in [0.1, 0.15) is 29.7 Å². The Morgan fingerprint density at radius 3 is 2.07 bits per heavy atom. The molecule has 1 atom stereocenters. The molecule has 0 saturated carbocycles. The van der Waals surface area contributed by atoms with E-state index in [1.165, 1.54) is 0 Å². The standard InChI is InChI=1S/C21H27NO6S/c1-6-29(23,24)22-10-9-14-11-19(27-4)20(28-5)13-16(14)21(22)15-7-8-17(25-2)18(12-15)26-3/h7-8,11-13,21H,6,9-10H2,1-5H3/t21-/m1/s1. The average Bonchev–Trinajstić information content (AvgIpc) is 2.76. The summed E-state index contributed by atoms with van der Waals surface area (Å²) in [5, 5.41) is 0. The summed E-state index contributed by atoms with van der Waals surface area (Å²) in [6.07, 6.45) is 0.596. The number of hydrogen-bond donors (Lipinski definition) is 0. The summed E-state index contributed by atoms with van der Waals surface area (Å²) in [6, 6.07) is 8.79. The van der Waals surface area contributed by atoms with Gasteiger partial charge in [0.1, 0.15) is 0 Å². The Kier molecular flexibility index (Phi) is 6.24. The van der Waals surface area contributed by atoms with E-state index in [1.54, 1.807) is 45.7 Å². The Bertz CT molecular complexity index is 989. The van der Waals surface area contributed by atoms with Crippen molar-refractivity contribution < 1.29 is 27.4 Å². The van der Waals surface area contributed by atoms with Crippen LogP contribution in [0.4, 0.5) is 0 Å². The fourth-order valence-corrected chi connectivity index (χ4v) is 5.01. The SMILES string of the molecule is CCS(=O)(=O)N1CCc2cc(OC)c(OC)cc2[C@H]1c1ccc(OC)c(OC)c1. The first-order valence-electron chi connectivity index (χ1n) is 9.36. The number of nitrogens with zero attached hydrogens (tertiary/aromatic N) is 1. The Morgan fingerprint density at radius 2 is 1.48 bits per heavy atom. The van der Waals surface area contributed by atoms with Gasteiger partial charge in [-0.1, -0.05) is 6.07 Å². The lowest BCUT2D eigenvalue weighted by Gasteiger charge is -2.37. The van der Waals surface area contributed by atoms with Gasteiger partial charge in [-0.15, -0.1) is 0 Å². The van der Waals surface area contributed by atoms with Gasteiger partial charge < -0.3 is 18.9 Å². The van der Waals surface area contributed by atoms with Crippen LogP contribution in [0.5, 0.6) is 23.0 Å². The van der Waals surface area contributed by atoms with Gasteiger partial charge in [0.25, 0.3) is 0 Å². The van der Waals surface area contributed by atoms with E-state index in [4.69, 9.17) is 18.9 Å². The normalized spacial score (nSPS) is 16.8. The molecule has 0 unspecified atom stereocenters. The van der Waals surface area contributed by atoms with Gasteiger partial charge in [0.05, 0.1) is 40.2 Å². The molecule has 1 heterocycles. The van der Waals surface area contributed by atoms with Crippen molar-refractivity contribution in [3.63, 3.8) is 0 Å². The van der Waals surface area contributed by atoms with Crippen LogP contribution in [0.15, 0.2) is 30.3 Å². The minimum atomic E-state index is -3.44. The first-order valence-corrected chi connectivity index (χ1v) is 11.0. The van der Waals surface area contributed by atoms with E-state index < -0.39 is 16.1 Å². The van der Waals surface area contributed by atoms with Crippen molar-refractivity contribution in [2.24, 2.45) is 0 Å². The van der Waals surface area contributed by atoms with E-state index in [-0.39, 0.29) is 5.75 Å². The van der Waals surface area contributed by atoms with Crippen LogP contribution in [0, 0.1) is 0 Å². The quantitative estimate of drug-likeness (QED) is 0.684. The molecule has 2 aromatic rings. The van der Waals surface area contributed by atoms with E-state index in [0.717, 1.165) is 16.7 Å². The zero-order valence-electron chi connectivity index (χ0n) is 17.4. The van der Waals surface area contributed by atoms with Crippen molar-refractivity contribution in [2.75, 3.05) is 40.7 Å². The number of rotatable bonds is 7. The molecule has 2 aromatic carbocycles. The summed E-state index contributed by atoms with van der Waals surface area (Å²) in [5.74, 6) is 2.35. The maximum Gasteiger partial charge on any atom is 0.214 e. The summed E-state index contributed by atoms with van der Waals surface area (Å²) in [6.45, 7) is 2.04. The summed E-state index contributed by atoms with van der Waals surface area (Å²) < 4.78 is 49.1. The lowest BCUT2D eigenvalue weighted by Crippen LogP contribution is -2.41. The molecule has 1 aliphatic rings. The number of benzene rings is 2. The summed E-state index contributed by atoms with van der Waals surface area (Å²) >= 11 is 0. The van der Waals surface area contributed by atoms with Crippen molar-refractivity contribution in [3.05, 3.63) is 47.0 Å². The number of hydrogen-bond acceptors (Lipinski definition) is 6. The van der Waals surface area contributed by atoms with Crippen LogP contribution in [0.25, 0.3) is 0 Å². The Balaban J connectivity index is 2.24. The van der Waals surface area contributed by atoms with Crippen LogP contribution < -0.4 is 18.9 Å². The second-order valence-electron chi connectivity index (χ2n) is 6.68. The van der Waals surface area contributed by atoms with Gasteiger partial charge >= 0.3 is 0 Å². The molecular formula is C21H27NO6S. The molecule has 7 nitrogen and oxygen atoms in total. The zero-order chi connectivity index (χ0) is 21.2. The maximum absolute atomic E-state index is 12.9. The van der Waals surface area contributed by atoms with Crippen LogP contribution in [0.3, 0.4) is 0 Å². The molecule has 1 aliphatic heterocycles. The highest BCUT2D eigenvalue weighted by Gasteiger charge is 2.37. The molecular weight excluding hydrogens is 394 g/mol. The summed E-state index contributed by atoms with van der Waals surface area (Å²) in [5.41, 5.74) is 2.70. The lowest BCUT2D eigenvalue weighted by atomic mass is 9.89. The van der Waals surface area contributed by atoms with Crippen molar-refractivity contribution in [1.29, 1.82) is 0 Å². The highest BCUT2D eigenvalue weighted by atomic mass is 32.2. The molecule has 0 saturated heterocycles. The lowest BCUT2D eigenvalue weighted by molar-refractivity contribution is 0.329. The predicted octanol–water partition coefficient (Wildman–Crippen LogP) is 3.02. The van der Waals surface area contributed by atoms with Crippen LogP contribution in [-0.4, -0.2) is 53.5 Å². The first kappa shape index (κ1) is 21.3. The van der Waals surface area contributed by atoms with Crippen molar-refractivity contribution >= 4 is 10.0 Å². The van der Waals surface area contributed by atoms with E-state index in [9.17, 15) is 8.42 Å². The van der Waals surface area contributed by atoms with Gasteiger partial charge in [-0.2, -0.15) is 4.31 Å². The molecule has 3 rings (SSSR count). The minimum Gasteiger partial charge on any atom is -0.493 e. The zero-order valence-corrected chi connectivity index (χ0v) is 18.2. The van der Waals surface area contributed by atoms with Crippen LogP contribution in [0.2, 0.25) is 0 Å². The van der Waals surface area contributed by atoms with E-state index in [0.29, 0.717) is 36.0 Å². The molecule has 0 fully saturated rings. The topological polar surface area (TPSA) is 74.3 Å². The van der Waals surface area contributed by atoms with Gasteiger partial charge in [-0.05, 0) is 54.3 Å². The van der Waals surface area contributed by atoms with Gasteiger partial charge in [0, 0.05) is 6.54 Å². The van der Waals surface area contributed by atoms with Crippen LogP contribution in [-0.2, 0) is 16.4 Å². The molecule has 158 valence electrons. The second kappa shape index (κ2) is 8.51. The molecule has 0 N–H and O–H groups in total. The van der Waals surface area contributed by atoms with Gasteiger partial charge in [-0.3, -0.25) is 0 Å². The second-order valence-corrected chi connectivity index (χ2v) is 8.89. The summed E-state index contributed by atoms with van der Waals surface area (Å²) in [7, 11) is 2.84. The smallest absolute Gasteiger partial charge is 0.214 e. The monoisotopic (exact) mass is 421 g/mol. The Hall–Kier alpha value is -2.45. The van der Waals surface area contributed by atoms with Crippen molar-refractivity contribution in [2.45, 2.75) is 19.4 Å².